The summed E-state index contributed by atoms with van der Waals surface area (Å²) >= 11 is 0. The average Bonchev–Trinajstić information content (AvgIpc) is 2.14. The lowest BCUT2D eigenvalue weighted by Crippen LogP contribution is -2.49. The normalized spacial score (nSPS) is 27.6. The van der Waals surface area contributed by atoms with E-state index in [0.29, 0.717) is 12.8 Å². The van der Waals surface area contributed by atoms with Crippen LogP contribution in [0.3, 0.4) is 0 Å². The van der Waals surface area contributed by atoms with Crippen LogP contribution in [0.1, 0.15) is 26.2 Å². The molecule has 3 nitrogen and oxygen atoms in total. The van der Waals surface area contributed by atoms with Crippen LogP contribution < -0.4 is 5.73 Å². The Kier molecular flexibility index (Phi) is 3.47. The smallest absolute Gasteiger partial charge is 0.308 e. The van der Waals surface area contributed by atoms with Gasteiger partial charge in [-0.25, -0.2) is 0 Å². The molecule has 2 unspecified atom stereocenters. The number of aliphatic carboxylic acids is 1. The lowest BCUT2D eigenvalue weighted by atomic mass is 9.77. The Morgan fingerprint density at radius 1 is 1.64 bits per heavy atom. The van der Waals surface area contributed by atoms with Crippen LogP contribution in [0.5, 0.6) is 0 Å². The Morgan fingerprint density at radius 3 is 2.79 bits per heavy atom. The standard InChI is InChI=1S/C11H17NO2/c1-2-6-9(10(13)14)11(12)7-4-3-5-8-11/h3-5,7,9H,2,6,8,12H2,1H3,(H,13,14). The lowest BCUT2D eigenvalue weighted by molar-refractivity contribution is -0.143. The van der Waals surface area contributed by atoms with E-state index in [1.54, 1.807) is 6.08 Å². The van der Waals surface area contributed by atoms with Crippen LogP contribution in [-0.4, -0.2) is 16.6 Å². The maximum atomic E-state index is 11.1. The van der Waals surface area contributed by atoms with E-state index in [2.05, 4.69) is 0 Å². The fourth-order valence-corrected chi connectivity index (χ4v) is 1.82. The van der Waals surface area contributed by atoms with E-state index in [4.69, 9.17) is 10.8 Å². The molecule has 0 amide bonds. The summed E-state index contributed by atoms with van der Waals surface area (Å²) in [6.07, 6.45) is 9.54. The molecule has 1 aliphatic rings. The largest absolute Gasteiger partial charge is 0.481 e. The molecule has 1 aliphatic carbocycles. The van der Waals surface area contributed by atoms with Gasteiger partial charge in [0.15, 0.2) is 0 Å². The minimum absolute atomic E-state index is 0.478. The molecule has 0 saturated heterocycles. The number of carboxylic acids is 1. The van der Waals surface area contributed by atoms with Gasteiger partial charge in [-0.2, -0.15) is 0 Å². The summed E-state index contributed by atoms with van der Waals surface area (Å²) in [7, 11) is 0. The summed E-state index contributed by atoms with van der Waals surface area (Å²) in [5, 5.41) is 9.08. The molecule has 78 valence electrons. The van der Waals surface area contributed by atoms with Gasteiger partial charge >= 0.3 is 5.97 Å². The molecule has 14 heavy (non-hydrogen) atoms. The second kappa shape index (κ2) is 4.42. The second-order valence-corrected chi connectivity index (χ2v) is 3.78. The molecule has 1 rings (SSSR count). The maximum absolute atomic E-state index is 11.1. The minimum Gasteiger partial charge on any atom is -0.481 e. The van der Waals surface area contributed by atoms with Gasteiger partial charge in [-0.3, -0.25) is 4.79 Å². The number of hydrogen-bond donors (Lipinski definition) is 2. The first-order valence-corrected chi connectivity index (χ1v) is 4.96. The Morgan fingerprint density at radius 2 is 2.36 bits per heavy atom. The molecule has 3 N–H and O–H groups in total. The summed E-state index contributed by atoms with van der Waals surface area (Å²) in [4.78, 5) is 11.1. The fourth-order valence-electron chi connectivity index (χ4n) is 1.82. The molecule has 0 spiro atoms. The van der Waals surface area contributed by atoms with Crippen molar-refractivity contribution in [2.24, 2.45) is 11.7 Å². The van der Waals surface area contributed by atoms with Gasteiger partial charge in [0.05, 0.1) is 11.5 Å². The number of carbonyl (C=O) groups is 1. The van der Waals surface area contributed by atoms with E-state index in [0.717, 1.165) is 6.42 Å². The first-order chi connectivity index (χ1) is 6.60. The molecule has 0 fully saturated rings. The van der Waals surface area contributed by atoms with E-state index in [9.17, 15) is 4.79 Å². The Bertz CT molecular complexity index is 270. The van der Waals surface area contributed by atoms with Crippen LogP contribution in [0.15, 0.2) is 24.3 Å². The highest BCUT2D eigenvalue weighted by atomic mass is 16.4. The first-order valence-electron chi connectivity index (χ1n) is 4.96. The number of carboxylic acid groups (broad SMARTS) is 1. The molecule has 0 aliphatic heterocycles. The van der Waals surface area contributed by atoms with Crippen molar-refractivity contribution in [3.8, 4) is 0 Å². The van der Waals surface area contributed by atoms with Crippen molar-refractivity contribution in [2.45, 2.75) is 31.7 Å². The Labute approximate surface area is 84.3 Å². The van der Waals surface area contributed by atoms with Crippen molar-refractivity contribution >= 4 is 5.97 Å². The van der Waals surface area contributed by atoms with E-state index < -0.39 is 17.4 Å². The summed E-state index contributed by atoms with van der Waals surface area (Å²) in [5.41, 5.74) is 5.37. The third-order valence-electron chi connectivity index (χ3n) is 2.65. The van der Waals surface area contributed by atoms with Crippen molar-refractivity contribution in [1.29, 1.82) is 0 Å². The quantitative estimate of drug-likeness (QED) is 0.717. The van der Waals surface area contributed by atoms with Crippen LogP contribution in [0.4, 0.5) is 0 Å². The van der Waals surface area contributed by atoms with Gasteiger partial charge in [-0.05, 0) is 12.8 Å². The van der Waals surface area contributed by atoms with Gasteiger partial charge in [-0.1, -0.05) is 37.6 Å². The molecular weight excluding hydrogens is 178 g/mol. The van der Waals surface area contributed by atoms with Gasteiger partial charge in [0, 0.05) is 0 Å². The highest BCUT2D eigenvalue weighted by Gasteiger charge is 2.36. The van der Waals surface area contributed by atoms with Crippen LogP contribution >= 0.6 is 0 Å². The molecule has 0 bridgehead atoms. The van der Waals surface area contributed by atoms with E-state index in [-0.39, 0.29) is 0 Å². The van der Waals surface area contributed by atoms with E-state index in [1.807, 2.05) is 25.2 Å². The summed E-state index contributed by atoms with van der Waals surface area (Å²) < 4.78 is 0. The van der Waals surface area contributed by atoms with Crippen molar-refractivity contribution in [1.82, 2.24) is 0 Å². The minimum atomic E-state index is -0.797. The summed E-state index contributed by atoms with van der Waals surface area (Å²) in [6.45, 7) is 1.97. The highest BCUT2D eigenvalue weighted by Crippen LogP contribution is 2.27. The van der Waals surface area contributed by atoms with Gasteiger partial charge in [-0.15, -0.1) is 0 Å². The maximum Gasteiger partial charge on any atom is 0.308 e. The highest BCUT2D eigenvalue weighted by molar-refractivity contribution is 5.72. The van der Waals surface area contributed by atoms with E-state index in [1.165, 1.54) is 0 Å². The topological polar surface area (TPSA) is 63.3 Å². The van der Waals surface area contributed by atoms with Crippen molar-refractivity contribution in [3.05, 3.63) is 24.3 Å². The zero-order valence-electron chi connectivity index (χ0n) is 8.44. The molecule has 0 aromatic heterocycles. The predicted molar refractivity (Wildman–Crippen MR) is 55.8 cm³/mol. The van der Waals surface area contributed by atoms with Crippen molar-refractivity contribution < 1.29 is 9.90 Å². The molecule has 0 aromatic rings. The van der Waals surface area contributed by atoms with Crippen LogP contribution in [0, 0.1) is 5.92 Å². The third kappa shape index (κ3) is 2.23. The molecule has 0 heterocycles. The third-order valence-corrected chi connectivity index (χ3v) is 2.65. The van der Waals surface area contributed by atoms with Crippen LogP contribution in [0.2, 0.25) is 0 Å². The SMILES string of the molecule is CCCC(C(=O)O)C1(N)C=CC=CC1. The Balaban J connectivity index is 2.81. The fraction of sp³-hybridized carbons (Fsp3) is 0.545. The average molecular weight is 195 g/mol. The number of allylic oxidation sites excluding steroid dienone is 2. The number of rotatable bonds is 4. The van der Waals surface area contributed by atoms with Gasteiger partial charge < -0.3 is 10.8 Å². The molecule has 0 radical (unpaired) electrons. The summed E-state index contributed by atoms with van der Waals surface area (Å²) in [6, 6.07) is 0. The van der Waals surface area contributed by atoms with Crippen molar-refractivity contribution in [3.63, 3.8) is 0 Å². The van der Waals surface area contributed by atoms with Gasteiger partial charge in [0.25, 0.3) is 0 Å². The molecule has 3 heteroatoms. The molecule has 0 saturated carbocycles. The van der Waals surface area contributed by atoms with Gasteiger partial charge in [0.1, 0.15) is 0 Å². The number of hydrogen-bond acceptors (Lipinski definition) is 2. The molecule has 2 atom stereocenters. The van der Waals surface area contributed by atoms with Crippen molar-refractivity contribution in [2.75, 3.05) is 0 Å². The predicted octanol–water partition coefficient (Wildman–Crippen LogP) is 1.70. The van der Waals surface area contributed by atoms with Gasteiger partial charge in [0.2, 0.25) is 0 Å². The van der Waals surface area contributed by atoms with Crippen LogP contribution in [-0.2, 0) is 4.79 Å². The Hall–Kier alpha value is -1.09. The molecule has 0 aromatic carbocycles. The summed E-state index contributed by atoms with van der Waals surface area (Å²) in [5.74, 6) is -1.28. The zero-order valence-corrected chi connectivity index (χ0v) is 8.44. The second-order valence-electron chi connectivity index (χ2n) is 3.78. The zero-order chi connectivity index (χ0) is 10.6. The number of nitrogens with two attached hydrogens (primary N) is 1. The monoisotopic (exact) mass is 195 g/mol. The van der Waals surface area contributed by atoms with E-state index >= 15 is 0 Å². The lowest BCUT2D eigenvalue weighted by Gasteiger charge is -2.32. The molecular formula is C11H17NO2. The first kappa shape index (κ1) is 11.0. The van der Waals surface area contributed by atoms with Crippen LogP contribution in [0.25, 0.3) is 0 Å².